The average molecular weight is 401 g/mol. The summed E-state index contributed by atoms with van der Waals surface area (Å²) < 4.78 is 5.73. The first-order valence-electron chi connectivity index (χ1n) is 8.68. The molecule has 0 N–H and O–H groups in total. The van der Waals surface area contributed by atoms with Crippen LogP contribution in [-0.4, -0.2) is 23.0 Å². The molecule has 4 atom stereocenters. The van der Waals surface area contributed by atoms with Gasteiger partial charge in [0.1, 0.15) is 11.5 Å². The second-order valence-corrected chi connectivity index (χ2v) is 7.90. The lowest BCUT2D eigenvalue weighted by Gasteiger charge is -2.13. The molecule has 1 saturated heterocycles. The number of allylic oxidation sites excluding steroid dienone is 2. The number of carbonyl (C=O) groups is 2. The Kier molecular flexibility index (Phi) is 3.78. The van der Waals surface area contributed by atoms with Gasteiger partial charge in [-0.1, -0.05) is 35.4 Å². The van der Waals surface area contributed by atoms with Crippen LogP contribution in [0.5, 0.6) is 0 Å². The highest BCUT2D eigenvalue weighted by atomic mass is 35.5. The van der Waals surface area contributed by atoms with Gasteiger partial charge in [-0.15, -0.1) is 0 Å². The predicted molar refractivity (Wildman–Crippen MR) is 101 cm³/mol. The second kappa shape index (κ2) is 6.08. The second-order valence-electron chi connectivity index (χ2n) is 7.06. The Hall–Kier alpha value is -2.37. The van der Waals surface area contributed by atoms with Crippen molar-refractivity contribution in [3.05, 3.63) is 58.3 Å². The van der Waals surface area contributed by atoms with E-state index in [1.807, 2.05) is 0 Å². The number of fused-ring (bicyclic) bond motifs is 5. The number of rotatable bonds is 3. The molecule has 7 heteroatoms. The van der Waals surface area contributed by atoms with E-state index in [1.54, 1.807) is 30.3 Å². The topological polar surface area (TPSA) is 62.9 Å². The first-order valence-corrected chi connectivity index (χ1v) is 9.44. The monoisotopic (exact) mass is 400 g/mol. The highest BCUT2D eigenvalue weighted by Gasteiger charge is 2.59. The highest BCUT2D eigenvalue weighted by molar-refractivity contribution is 6.36. The number of imide groups is 1. The lowest BCUT2D eigenvalue weighted by atomic mass is 9.85. The first-order chi connectivity index (χ1) is 13.0. The number of hydrazone groups is 1. The first kappa shape index (κ1) is 16.8. The maximum atomic E-state index is 12.6. The molecular formula is C20H14Cl2N2O3. The fourth-order valence-corrected chi connectivity index (χ4v) is 4.87. The van der Waals surface area contributed by atoms with E-state index in [4.69, 9.17) is 27.6 Å². The molecule has 1 aromatic heterocycles. The molecule has 3 aliphatic rings. The third-order valence-electron chi connectivity index (χ3n) is 5.57. The fourth-order valence-electron chi connectivity index (χ4n) is 4.37. The Morgan fingerprint density at radius 2 is 1.74 bits per heavy atom. The van der Waals surface area contributed by atoms with E-state index in [2.05, 4.69) is 17.3 Å². The average Bonchev–Trinajstić information content (AvgIpc) is 3.39. The van der Waals surface area contributed by atoms with Crippen molar-refractivity contribution in [2.75, 3.05) is 0 Å². The molecule has 27 heavy (non-hydrogen) atoms. The summed E-state index contributed by atoms with van der Waals surface area (Å²) in [5, 5.41) is 6.12. The van der Waals surface area contributed by atoms with Gasteiger partial charge in [-0.05, 0) is 48.6 Å². The standard InChI is InChI=1S/C20H14Cl2N2O3/c21-12-3-5-14(15(22)8-12)16-6-4-13(27-16)9-23-24-19(25)17-10-1-2-11(7-10)18(17)20(24)26/h1-6,8-11,17-18H,7H2/b23-9-/t10-,11-,17+,18+/m0/s1. The predicted octanol–water partition coefficient (Wildman–Crippen LogP) is 4.39. The summed E-state index contributed by atoms with van der Waals surface area (Å²) in [6.07, 6.45) is 6.39. The van der Waals surface area contributed by atoms with Gasteiger partial charge in [-0.3, -0.25) is 9.59 Å². The molecule has 5 rings (SSSR count). The van der Waals surface area contributed by atoms with Crippen molar-refractivity contribution in [2.24, 2.45) is 28.8 Å². The molecule has 5 nitrogen and oxygen atoms in total. The van der Waals surface area contributed by atoms with Crippen molar-refractivity contribution in [2.45, 2.75) is 6.42 Å². The van der Waals surface area contributed by atoms with Gasteiger partial charge in [0.15, 0.2) is 0 Å². The normalized spacial score (nSPS) is 28.7. The fraction of sp³-hybridized carbons (Fsp3) is 0.250. The maximum absolute atomic E-state index is 12.6. The molecule has 1 aliphatic heterocycles. The molecule has 0 radical (unpaired) electrons. The van der Waals surface area contributed by atoms with E-state index < -0.39 is 0 Å². The van der Waals surface area contributed by atoms with Crippen LogP contribution in [0.1, 0.15) is 12.2 Å². The van der Waals surface area contributed by atoms with Crippen LogP contribution < -0.4 is 0 Å². The molecule has 2 heterocycles. The Morgan fingerprint density at radius 3 is 2.41 bits per heavy atom. The molecule has 2 aromatic rings. The van der Waals surface area contributed by atoms with Gasteiger partial charge in [0, 0.05) is 10.6 Å². The van der Waals surface area contributed by atoms with Crippen LogP contribution in [-0.2, 0) is 9.59 Å². The van der Waals surface area contributed by atoms with E-state index in [0.29, 0.717) is 27.1 Å². The molecular weight excluding hydrogens is 387 g/mol. The molecule has 0 spiro atoms. The molecule has 2 aliphatic carbocycles. The van der Waals surface area contributed by atoms with Crippen molar-refractivity contribution in [1.82, 2.24) is 5.01 Å². The van der Waals surface area contributed by atoms with Crippen molar-refractivity contribution in [3.8, 4) is 11.3 Å². The third kappa shape index (κ3) is 2.57. The van der Waals surface area contributed by atoms with E-state index in [-0.39, 0.29) is 35.5 Å². The number of amides is 2. The quantitative estimate of drug-likeness (QED) is 0.435. The summed E-state index contributed by atoms with van der Waals surface area (Å²) in [7, 11) is 0. The lowest BCUT2D eigenvalue weighted by molar-refractivity contribution is -0.140. The van der Waals surface area contributed by atoms with Gasteiger partial charge in [-0.25, -0.2) is 0 Å². The van der Waals surface area contributed by atoms with E-state index >= 15 is 0 Å². The summed E-state index contributed by atoms with van der Waals surface area (Å²) in [5.74, 6) is 0.356. The summed E-state index contributed by atoms with van der Waals surface area (Å²) in [5.41, 5.74) is 0.700. The number of carbonyl (C=O) groups excluding carboxylic acids is 2. The van der Waals surface area contributed by atoms with Gasteiger partial charge in [0.05, 0.1) is 23.1 Å². The molecule has 2 fully saturated rings. The number of hydrogen-bond donors (Lipinski definition) is 0. The van der Waals surface area contributed by atoms with Crippen LogP contribution in [0.2, 0.25) is 10.0 Å². The number of hydrogen-bond acceptors (Lipinski definition) is 4. The van der Waals surface area contributed by atoms with Crippen molar-refractivity contribution in [1.29, 1.82) is 0 Å². The minimum absolute atomic E-state index is 0.166. The summed E-state index contributed by atoms with van der Waals surface area (Å²) in [4.78, 5) is 25.2. The van der Waals surface area contributed by atoms with Gasteiger partial charge in [0.25, 0.3) is 11.8 Å². The summed E-state index contributed by atoms with van der Waals surface area (Å²) in [6.45, 7) is 0. The van der Waals surface area contributed by atoms with Crippen LogP contribution in [0.3, 0.4) is 0 Å². The summed E-state index contributed by atoms with van der Waals surface area (Å²) in [6, 6.07) is 8.59. The van der Waals surface area contributed by atoms with E-state index in [1.165, 1.54) is 6.21 Å². The molecule has 2 bridgehead atoms. The Labute approximate surface area is 165 Å². The molecule has 0 unspecified atom stereocenters. The summed E-state index contributed by atoms with van der Waals surface area (Å²) >= 11 is 12.1. The zero-order valence-electron chi connectivity index (χ0n) is 14.0. The van der Waals surface area contributed by atoms with E-state index in [9.17, 15) is 9.59 Å². The Morgan fingerprint density at radius 1 is 1.04 bits per heavy atom. The molecule has 136 valence electrons. The molecule has 2 amide bonds. The molecule has 1 aromatic carbocycles. The lowest BCUT2D eigenvalue weighted by Crippen LogP contribution is -2.28. The van der Waals surface area contributed by atoms with Gasteiger partial charge in [-0.2, -0.15) is 10.1 Å². The zero-order chi connectivity index (χ0) is 18.7. The highest BCUT2D eigenvalue weighted by Crippen LogP contribution is 2.52. The van der Waals surface area contributed by atoms with Gasteiger partial charge < -0.3 is 4.42 Å². The number of nitrogens with zero attached hydrogens (tertiary/aromatic N) is 2. The van der Waals surface area contributed by atoms with Crippen molar-refractivity contribution in [3.63, 3.8) is 0 Å². The van der Waals surface area contributed by atoms with Crippen LogP contribution in [0, 0.1) is 23.7 Å². The minimum Gasteiger partial charge on any atom is -0.455 e. The third-order valence-corrected chi connectivity index (χ3v) is 6.12. The SMILES string of the molecule is O=C1[C@H]2[C@H](C(=O)N1/N=C\c1ccc(-c3ccc(Cl)cc3Cl)o1)[C@H]1C=C[C@H]2C1. The minimum atomic E-state index is -0.260. The Bertz CT molecular complexity index is 996. The smallest absolute Gasteiger partial charge is 0.254 e. The van der Waals surface area contributed by atoms with Crippen LogP contribution in [0.4, 0.5) is 0 Å². The van der Waals surface area contributed by atoms with Crippen LogP contribution >= 0.6 is 23.2 Å². The Balaban J connectivity index is 1.37. The van der Waals surface area contributed by atoms with E-state index in [0.717, 1.165) is 11.4 Å². The van der Waals surface area contributed by atoms with Crippen LogP contribution in [0.25, 0.3) is 11.3 Å². The number of furan rings is 1. The largest absolute Gasteiger partial charge is 0.455 e. The zero-order valence-corrected chi connectivity index (χ0v) is 15.5. The van der Waals surface area contributed by atoms with Crippen LogP contribution in [0.15, 0.2) is 52.0 Å². The molecule has 1 saturated carbocycles. The number of benzene rings is 1. The maximum Gasteiger partial charge on any atom is 0.254 e. The van der Waals surface area contributed by atoms with Gasteiger partial charge in [0.2, 0.25) is 0 Å². The van der Waals surface area contributed by atoms with Crippen molar-refractivity contribution < 1.29 is 14.0 Å². The van der Waals surface area contributed by atoms with Gasteiger partial charge >= 0.3 is 0 Å². The van der Waals surface area contributed by atoms with Crippen molar-refractivity contribution >= 4 is 41.2 Å². The number of halogens is 2.